The first-order valence-electron chi connectivity index (χ1n) is 12.4. The molecule has 180 valence electrons. The Balaban J connectivity index is 2.00. The van der Waals surface area contributed by atoms with Crippen molar-refractivity contribution in [2.24, 2.45) is 16.6 Å². The predicted molar refractivity (Wildman–Crippen MR) is 138 cm³/mol. The number of phenolic OH excluding ortho intramolecular Hbond substituents is 1. The lowest BCUT2D eigenvalue weighted by Gasteiger charge is -2.46. The molecule has 0 saturated heterocycles. The Morgan fingerprint density at radius 1 is 1.27 bits per heavy atom. The molecule has 0 heterocycles. The zero-order valence-electron chi connectivity index (χ0n) is 20.5. The van der Waals surface area contributed by atoms with Crippen molar-refractivity contribution in [3.63, 3.8) is 0 Å². The molecule has 0 aromatic heterocycles. The van der Waals surface area contributed by atoms with Gasteiger partial charge in [0.2, 0.25) is 0 Å². The van der Waals surface area contributed by atoms with E-state index in [1.807, 2.05) is 12.1 Å². The molecule has 4 N–H and O–H groups in total. The summed E-state index contributed by atoms with van der Waals surface area (Å²) in [7, 11) is 0. The number of unbranched alkanes of at least 4 members (excludes halogenated alkanes) is 2. The Kier molecular flexibility index (Phi) is 11.5. The number of phenols is 1. The minimum Gasteiger partial charge on any atom is -0.508 e. The lowest BCUT2D eigenvalue weighted by atomic mass is 9.64. The fourth-order valence-electron chi connectivity index (χ4n) is 4.32. The van der Waals surface area contributed by atoms with E-state index in [0.29, 0.717) is 29.7 Å². The molecule has 5 heteroatoms. The van der Waals surface area contributed by atoms with E-state index in [0.717, 1.165) is 56.1 Å². The Hall–Kier alpha value is -2.82. The molecule has 0 radical (unpaired) electrons. The van der Waals surface area contributed by atoms with E-state index >= 15 is 0 Å². The van der Waals surface area contributed by atoms with E-state index in [9.17, 15) is 9.90 Å². The summed E-state index contributed by atoms with van der Waals surface area (Å²) in [6.45, 7) is 6.97. The minimum absolute atomic E-state index is 0.104. The average Bonchev–Trinajstić information content (AvgIpc) is 2.80. The SMILES string of the molecule is CC/C=C\C(=C/CCC)CN=C/C(=C\N)C(=O)NC1CC(c2cccc(O)c2)C1CCCC. The molecule has 0 bridgehead atoms. The summed E-state index contributed by atoms with van der Waals surface area (Å²) in [6.07, 6.45) is 16.6. The highest BCUT2D eigenvalue weighted by atomic mass is 16.3. The van der Waals surface area contributed by atoms with Gasteiger partial charge in [-0.1, -0.05) is 70.4 Å². The standard InChI is InChI=1S/C28H41N3O2/c1-4-7-11-21(12-8-5-2)19-30-20-23(18-29)28(33)31-27-17-26(25(27)15-9-6-3)22-13-10-14-24(32)16-22/h7,10-14,16,18,20,25-27,32H,4-6,8-9,15,17,19,29H2,1-3H3,(H,31,33)/b11-7-,21-12+,23-18+,30-20?. The van der Waals surface area contributed by atoms with Gasteiger partial charge >= 0.3 is 0 Å². The van der Waals surface area contributed by atoms with Crippen LogP contribution in [-0.4, -0.2) is 29.8 Å². The summed E-state index contributed by atoms with van der Waals surface area (Å²) in [6, 6.07) is 7.60. The summed E-state index contributed by atoms with van der Waals surface area (Å²) in [5, 5.41) is 13.0. The fourth-order valence-corrected chi connectivity index (χ4v) is 4.32. The van der Waals surface area contributed by atoms with Crippen LogP contribution in [0, 0.1) is 5.92 Å². The number of aliphatic imine (C=N–C) groups is 1. The van der Waals surface area contributed by atoms with Crippen LogP contribution in [0.5, 0.6) is 5.75 Å². The summed E-state index contributed by atoms with van der Waals surface area (Å²) in [5.74, 6) is 0.823. The van der Waals surface area contributed by atoms with Crippen LogP contribution in [0.2, 0.25) is 0 Å². The number of carbonyl (C=O) groups is 1. The summed E-state index contributed by atoms with van der Waals surface area (Å²) < 4.78 is 0. The Bertz CT molecular complexity index is 870. The van der Waals surface area contributed by atoms with E-state index in [4.69, 9.17) is 5.73 Å². The van der Waals surface area contributed by atoms with Gasteiger partial charge in [0.1, 0.15) is 5.75 Å². The molecule has 0 spiro atoms. The quantitative estimate of drug-likeness (QED) is 0.202. The number of nitrogens with zero attached hydrogens (tertiary/aromatic N) is 1. The second-order valence-corrected chi connectivity index (χ2v) is 8.79. The van der Waals surface area contributed by atoms with E-state index < -0.39 is 0 Å². The maximum absolute atomic E-state index is 12.9. The van der Waals surface area contributed by atoms with Crippen molar-refractivity contribution in [2.75, 3.05) is 6.54 Å². The highest BCUT2D eigenvalue weighted by Crippen LogP contribution is 2.46. The summed E-state index contributed by atoms with van der Waals surface area (Å²) >= 11 is 0. The van der Waals surface area contributed by atoms with Crippen LogP contribution >= 0.6 is 0 Å². The van der Waals surface area contributed by atoms with E-state index in [-0.39, 0.29) is 11.9 Å². The molecular weight excluding hydrogens is 410 g/mol. The van der Waals surface area contributed by atoms with Crippen molar-refractivity contribution < 1.29 is 9.90 Å². The van der Waals surface area contributed by atoms with E-state index in [2.05, 4.69) is 55.4 Å². The topological polar surface area (TPSA) is 87.7 Å². The van der Waals surface area contributed by atoms with Crippen molar-refractivity contribution >= 4 is 12.1 Å². The number of hydrogen-bond acceptors (Lipinski definition) is 4. The lowest BCUT2D eigenvalue weighted by Crippen LogP contribution is -2.51. The molecular formula is C28H41N3O2. The Morgan fingerprint density at radius 2 is 2.09 bits per heavy atom. The molecule has 33 heavy (non-hydrogen) atoms. The highest BCUT2D eigenvalue weighted by molar-refractivity contribution is 6.12. The van der Waals surface area contributed by atoms with Gasteiger partial charge in [0.15, 0.2) is 0 Å². The minimum atomic E-state index is -0.176. The smallest absolute Gasteiger partial charge is 0.254 e. The first-order valence-corrected chi connectivity index (χ1v) is 12.4. The maximum Gasteiger partial charge on any atom is 0.254 e. The average molecular weight is 452 g/mol. The molecule has 1 saturated carbocycles. The van der Waals surface area contributed by atoms with Gasteiger partial charge in [0.05, 0.1) is 12.1 Å². The molecule has 5 nitrogen and oxygen atoms in total. The second-order valence-electron chi connectivity index (χ2n) is 8.79. The Morgan fingerprint density at radius 3 is 2.76 bits per heavy atom. The lowest BCUT2D eigenvalue weighted by molar-refractivity contribution is -0.119. The van der Waals surface area contributed by atoms with Gasteiger partial charge in [0, 0.05) is 18.5 Å². The van der Waals surface area contributed by atoms with E-state index in [1.165, 1.54) is 6.20 Å². The van der Waals surface area contributed by atoms with Crippen molar-refractivity contribution in [1.29, 1.82) is 0 Å². The normalized spacial score (nSPS) is 21.5. The molecule has 1 fully saturated rings. The third-order valence-corrected chi connectivity index (χ3v) is 6.26. The van der Waals surface area contributed by atoms with Crippen LogP contribution in [0.3, 0.4) is 0 Å². The first-order chi connectivity index (χ1) is 16.0. The van der Waals surface area contributed by atoms with Crippen LogP contribution in [0.4, 0.5) is 0 Å². The third kappa shape index (κ3) is 8.23. The Labute approximate surface area is 199 Å². The first kappa shape index (κ1) is 26.4. The fraction of sp³-hybridized carbons (Fsp3) is 0.500. The highest BCUT2D eigenvalue weighted by Gasteiger charge is 2.42. The van der Waals surface area contributed by atoms with Crippen molar-refractivity contribution in [3.05, 3.63) is 65.4 Å². The van der Waals surface area contributed by atoms with Gasteiger partial charge in [0.25, 0.3) is 5.91 Å². The third-order valence-electron chi connectivity index (χ3n) is 6.26. The number of benzene rings is 1. The summed E-state index contributed by atoms with van der Waals surface area (Å²) in [4.78, 5) is 17.4. The van der Waals surface area contributed by atoms with Crippen LogP contribution in [0.1, 0.15) is 77.2 Å². The monoisotopic (exact) mass is 451 g/mol. The van der Waals surface area contributed by atoms with Crippen molar-refractivity contribution in [2.45, 2.75) is 77.7 Å². The molecule has 1 amide bonds. The number of allylic oxidation sites excluding steroid dienone is 2. The van der Waals surface area contributed by atoms with Crippen molar-refractivity contribution in [1.82, 2.24) is 5.32 Å². The molecule has 2 rings (SSSR count). The number of rotatable bonds is 13. The maximum atomic E-state index is 12.9. The molecule has 3 unspecified atom stereocenters. The number of hydrogen-bond donors (Lipinski definition) is 3. The zero-order valence-corrected chi connectivity index (χ0v) is 20.5. The van der Waals surface area contributed by atoms with Gasteiger partial charge in [-0.3, -0.25) is 9.79 Å². The number of aromatic hydroxyl groups is 1. The van der Waals surface area contributed by atoms with Crippen molar-refractivity contribution in [3.8, 4) is 5.75 Å². The van der Waals surface area contributed by atoms with Crippen LogP contribution < -0.4 is 11.1 Å². The molecule has 3 atom stereocenters. The van der Waals surface area contributed by atoms with Gasteiger partial charge in [-0.15, -0.1) is 0 Å². The number of nitrogens with two attached hydrogens (primary N) is 1. The molecule has 1 aliphatic rings. The van der Waals surface area contributed by atoms with E-state index in [1.54, 1.807) is 12.3 Å². The second kappa shape index (κ2) is 14.4. The largest absolute Gasteiger partial charge is 0.508 e. The van der Waals surface area contributed by atoms with Crippen LogP contribution in [0.25, 0.3) is 0 Å². The number of carbonyl (C=O) groups excluding carboxylic acids is 1. The summed E-state index contributed by atoms with van der Waals surface area (Å²) in [5.41, 5.74) is 8.45. The molecule has 1 aliphatic carbocycles. The number of amides is 1. The molecule has 1 aromatic carbocycles. The van der Waals surface area contributed by atoms with Crippen LogP contribution in [-0.2, 0) is 4.79 Å². The molecule has 1 aromatic rings. The predicted octanol–water partition coefficient (Wildman–Crippen LogP) is 5.78. The van der Waals surface area contributed by atoms with Gasteiger partial charge in [-0.25, -0.2) is 0 Å². The molecule has 0 aliphatic heterocycles. The van der Waals surface area contributed by atoms with Gasteiger partial charge in [-0.05, 0) is 60.8 Å². The van der Waals surface area contributed by atoms with Gasteiger partial charge < -0.3 is 16.2 Å². The van der Waals surface area contributed by atoms with Gasteiger partial charge in [-0.2, -0.15) is 0 Å². The zero-order chi connectivity index (χ0) is 24.1. The van der Waals surface area contributed by atoms with Crippen LogP contribution in [0.15, 0.2) is 64.8 Å². The number of nitrogens with one attached hydrogen (secondary N) is 1.